The van der Waals surface area contributed by atoms with E-state index in [1.54, 1.807) is 42.5 Å². The van der Waals surface area contributed by atoms with Gasteiger partial charge in [-0.1, -0.05) is 99.4 Å². The fraction of sp³-hybridized carbons (Fsp3) is 0.450. The Labute approximate surface area is 257 Å². The number of allylic oxidation sites excluding steroid dienone is 4. The van der Waals surface area contributed by atoms with Gasteiger partial charge in [-0.2, -0.15) is 0 Å². The van der Waals surface area contributed by atoms with Gasteiger partial charge in [0.15, 0.2) is 11.6 Å². The fourth-order valence-electron chi connectivity index (χ4n) is 7.33. The van der Waals surface area contributed by atoms with E-state index < -0.39 is 11.6 Å². The Bertz CT molecular complexity index is 1410. The molecule has 2 aliphatic carbocycles. The molecule has 0 aromatic heterocycles. The van der Waals surface area contributed by atoms with Crippen molar-refractivity contribution in [3.05, 3.63) is 101 Å². The summed E-state index contributed by atoms with van der Waals surface area (Å²) in [7, 11) is 0. The molecule has 0 aliphatic heterocycles. The van der Waals surface area contributed by atoms with Crippen molar-refractivity contribution >= 4 is 5.57 Å². The van der Waals surface area contributed by atoms with Crippen LogP contribution in [0.5, 0.6) is 0 Å². The molecule has 0 saturated heterocycles. The zero-order valence-corrected chi connectivity index (χ0v) is 26.0. The van der Waals surface area contributed by atoms with Crippen molar-refractivity contribution in [1.29, 1.82) is 0 Å². The maximum absolute atomic E-state index is 15.4. The summed E-state index contributed by atoms with van der Waals surface area (Å²) >= 11 is 0. The molecule has 2 aliphatic rings. The molecule has 0 heterocycles. The second-order valence-electron chi connectivity index (χ2n) is 12.8. The molecule has 1 unspecified atom stereocenters. The molecule has 1 atom stereocenters. The van der Waals surface area contributed by atoms with E-state index in [4.69, 9.17) is 0 Å². The predicted molar refractivity (Wildman–Crippen MR) is 175 cm³/mol. The number of halogens is 3. The molecule has 0 radical (unpaired) electrons. The fourth-order valence-corrected chi connectivity index (χ4v) is 7.33. The summed E-state index contributed by atoms with van der Waals surface area (Å²) in [5, 5.41) is 0. The highest BCUT2D eigenvalue weighted by molar-refractivity contribution is 5.74. The van der Waals surface area contributed by atoms with Gasteiger partial charge < -0.3 is 0 Å². The third kappa shape index (κ3) is 7.72. The van der Waals surface area contributed by atoms with Crippen LogP contribution < -0.4 is 0 Å². The lowest BCUT2D eigenvalue weighted by atomic mass is 9.71. The first kappa shape index (κ1) is 31.4. The van der Waals surface area contributed by atoms with Crippen molar-refractivity contribution in [2.24, 2.45) is 17.8 Å². The highest BCUT2D eigenvalue weighted by atomic mass is 19.2. The average molecular weight is 585 g/mol. The third-order valence-corrected chi connectivity index (χ3v) is 9.96. The average Bonchev–Trinajstić information content (AvgIpc) is 3.04. The molecule has 3 aromatic carbocycles. The van der Waals surface area contributed by atoms with E-state index in [2.05, 4.69) is 32.1 Å². The van der Waals surface area contributed by atoms with Crippen LogP contribution >= 0.6 is 0 Å². The van der Waals surface area contributed by atoms with Gasteiger partial charge in [-0.25, -0.2) is 13.2 Å². The van der Waals surface area contributed by atoms with Crippen LogP contribution in [0.25, 0.3) is 27.8 Å². The van der Waals surface area contributed by atoms with Gasteiger partial charge in [0.25, 0.3) is 0 Å². The second-order valence-corrected chi connectivity index (χ2v) is 12.8. The highest BCUT2D eigenvalue weighted by Gasteiger charge is 2.28. The van der Waals surface area contributed by atoms with E-state index in [0.717, 1.165) is 67.4 Å². The van der Waals surface area contributed by atoms with Crippen LogP contribution in [0.2, 0.25) is 0 Å². The van der Waals surface area contributed by atoms with E-state index in [9.17, 15) is 4.39 Å². The van der Waals surface area contributed by atoms with Gasteiger partial charge >= 0.3 is 0 Å². The Kier molecular flexibility index (Phi) is 11.0. The van der Waals surface area contributed by atoms with Crippen LogP contribution in [0.15, 0.2) is 72.8 Å². The maximum Gasteiger partial charge on any atom is 0.166 e. The molecular weight excluding hydrogens is 537 g/mol. The smallest absolute Gasteiger partial charge is 0.166 e. The number of hydrogen-bond acceptors (Lipinski definition) is 0. The first-order valence-corrected chi connectivity index (χ1v) is 16.7. The van der Waals surface area contributed by atoms with Gasteiger partial charge in [-0.05, 0) is 116 Å². The van der Waals surface area contributed by atoms with Crippen LogP contribution in [0.1, 0.15) is 102 Å². The summed E-state index contributed by atoms with van der Waals surface area (Å²) in [6.07, 6.45) is 21.4. The minimum absolute atomic E-state index is 0.239. The van der Waals surface area contributed by atoms with E-state index in [1.807, 2.05) is 12.1 Å². The maximum atomic E-state index is 15.4. The summed E-state index contributed by atoms with van der Waals surface area (Å²) in [5.74, 6) is 0.528. The predicted octanol–water partition coefficient (Wildman–Crippen LogP) is 12.5. The lowest BCUT2D eigenvalue weighted by molar-refractivity contribution is 0.212. The van der Waals surface area contributed by atoms with Crippen molar-refractivity contribution in [3.63, 3.8) is 0 Å². The van der Waals surface area contributed by atoms with Crippen LogP contribution in [0.4, 0.5) is 13.2 Å². The molecule has 0 nitrogen and oxygen atoms in total. The van der Waals surface area contributed by atoms with E-state index in [1.165, 1.54) is 44.1 Å². The van der Waals surface area contributed by atoms with E-state index in [0.29, 0.717) is 23.1 Å². The number of aryl methyl sites for hydroxylation is 1. The molecule has 0 spiro atoms. The third-order valence-electron chi connectivity index (χ3n) is 9.96. The van der Waals surface area contributed by atoms with Crippen molar-refractivity contribution in [2.75, 3.05) is 0 Å². The topological polar surface area (TPSA) is 0 Å². The van der Waals surface area contributed by atoms with Gasteiger partial charge in [-0.15, -0.1) is 0 Å². The molecule has 1 saturated carbocycles. The van der Waals surface area contributed by atoms with Crippen LogP contribution in [-0.2, 0) is 6.42 Å². The Balaban J connectivity index is 1.21. The van der Waals surface area contributed by atoms with Crippen LogP contribution in [-0.4, -0.2) is 0 Å². The van der Waals surface area contributed by atoms with Crippen molar-refractivity contribution in [1.82, 2.24) is 0 Å². The zero-order chi connectivity index (χ0) is 30.2. The number of unbranched alkanes of at least 4 members (excludes halogenated alkanes) is 4. The lowest BCUT2D eigenvalue weighted by Crippen LogP contribution is -2.22. The van der Waals surface area contributed by atoms with Crippen LogP contribution in [0, 0.1) is 35.2 Å². The Morgan fingerprint density at radius 2 is 1.37 bits per heavy atom. The molecule has 3 aromatic rings. The molecule has 0 bridgehead atoms. The minimum Gasteiger partial charge on any atom is -0.206 e. The summed E-state index contributed by atoms with van der Waals surface area (Å²) < 4.78 is 45.2. The van der Waals surface area contributed by atoms with Gasteiger partial charge in [0.05, 0.1) is 0 Å². The zero-order valence-electron chi connectivity index (χ0n) is 26.0. The molecular formula is C40H47F3. The normalized spacial score (nSPS) is 20.9. The Hall–Kier alpha value is -3.07. The minimum atomic E-state index is -0.807. The van der Waals surface area contributed by atoms with Crippen LogP contribution in [0.3, 0.4) is 0 Å². The first-order chi connectivity index (χ1) is 21.0. The quantitative estimate of drug-likeness (QED) is 0.155. The molecule has 0 N–H and O–H groups in total. The lowest BCUT2D eigenvalue weighted by Gasteiger charge is -2.34. The van der Waals surface area contributed by atoms with Gasteiger partial charge in [0.2, 0.25) is 0 Å². The summed E-state index contributed by atoms with van der Waals surface area (Å²) in [6, 6.07) is 16.0. The first-order valence-electron chi connectivity index (χ1n) is 16.7. The summed E-state index contributed by atoms with van der Waals surface area (Å²) in [6.45, 7) is 4.28. The van der Waals surface area contributed by atoms with E-state index >= 15 is 8.78 Å². The molecule has 228 valence electrons. The monoisotopic (exact) mass is 584 g/mol. The second kappa shape index (κ2) is 15.1. The summed E-state index contributed by atoms with van der Waals surface area (Å²) in [5.41, 5.74) is 4.73. The van der Waals surface area contributed by atoms with Gasteiger partial charge in [-0.3, -0.25) is 0 Å². The molecule has 3 heteroatoms. The largest absolute Gasteiger partial charge is 0.206 e. The highest BCUT2D eigenvalue weighted by Crippen LogP contribution is 2.42. The number of hydrogen-bond donors (Lipinski definition) is 0. The SMILES string of the molecule is C/C=C/C1CCC(C2CC=C(c3ccc(-c4ccc(-c5ccc(CCCCCCC)c(F)c5F)cc4)c(F)c3)CC2)CC1. The van der Waals surface area contributed by atoms with Crippen molar-refractivity contribution in [3.8, 4) is 22.3 Å². The molecule has 5 rings (SSSR count). The Morgan fingerprint density at radius 3 is 2.02 bits per heavy atom. The summed E-state index contributed by atoms with van der Waals surface area (Å²) in [4.78, 5) is 0. The molecule has 1 fully saturated rings. The standard InChI is InChI=1S/C40H47F3/c1-3-5-6-7-8-10-34-23-26-37(40(43)39(34)42)33-21-19-32(20-22-33)36-25-24-35(27-38(36)41)31-17-15-30(16-18-31)29-13-11-28(9-4-2)12-14-29/h4,9,17,19-30H,3,5-8,10-16,18H2,1-2H3/b9-4+. The van der Waals surface area contributed by atoms with Gasteiger partial charge in [0.1, 0.15) is 5.82 Å². The van der Waals surface area contributed by atoms with Crippen molar-refractivity contribution < 1.29 is 13.2 Å². The molecule has 43 heavy (non-hydrogen) atoms. The van der Waals surface area contributed by atoms with Gasteiger partial charge in [0, 0.05) is 11.1 Å². The molecule has 0 amide bonds. The Morgan fingerprint density at radius 1 is 0.698 bits per heavy atom. The van der Waals surface area contributed by atoms with E-state index in [-0.39, 0.29) is 11.4 Å². The number of benzene rings is 3. The number of rotatable bonds is 11. The van der Waals surface area contributed by atoms with Crippen molar-refractivity contribution in [2.45, 2.75) is 97.3 Å².